The van der Waals surface area contributed by atoms with Crippen LogP contribution in [0.3, 0.4) is 0 Å². The molecular formula is C13H17NS2. The predicted molar refractivity (Wildman–Crippen MR) is 73.2 cm³/mol. The Labute approximate surface area is 105 Å². The maximum absolute atomic E-state index is 3.69. The van der Waals surface area contributed by atoms with Crippen LogP contribution in [-0.2, 0) is 0 Å². The lowest BCUT2D eigenvalue weighted by atomic mass is 10.1. The summed E-state index contributed by atoms with van der Waals surface area (Å²) in [5.41, 5.74) is 0. The van der Waals surface area contributed by atoms with Gasteiger partial charge in [0.05, 0.1) is 0 Å². The summed E-state index contributed by atoms with van der Waals surface area (Å²) >= 11 is 3.66. The Morgan fingerprint density at radius 2 is 1.75 bits per heavy atom. The smallest absolute Gasteiger partial charge is 0.0417 e. The van der Waals surface area contributed by atoms with Gasteiger partial charge in [-0.05, 0) is 36.2 Å². The molecule has 0 aromatic carbocycles. The quantitative estimate of drug-likeness (QED) is 0.818. The lowest BCUT2D eigenvalue weighted by Gasteiger charge is -2.20. The molecule has 1 nitrogen and oxygen atoms in total. The number of nitrogens with one attached hydrogen (secondary N) is 1. The minimum absolute atomic E-state index is 0.437. The summed E-state index contributed by atoms with van der Waals surface area (Å²) in [6, 6.07) is 9.57. The van der Waals surface area contributed by atoms with Gasteiger partial charge in [-0.2, -0.15) is 0 Å². The SMILES string of the molecule is CCC(N[C@H](C)c1cccs1)c1cccs1. The Morgan fingerprint density at radius 1 is 1.12 bits per heavy atom. The fourth-order valence-corrected chi connectivity index (χ4v) is 3.43. The van der Waals surface area contributed by atoms with Crippen LogP contribution in [0.5, 0.6) is 0 Å². The average Bonchev–Trinajstić information content (AvgIpc) is 2.96. The summed E-state index contributed by atoms with van der Waals surface area (Å²) in [5, 5.41) is 7.98. The molecule has 1 N–H and O–H groups in total. The molecule has 0 saturated heterocycles. The van der Waals surface area contributed by atoms with Crippen molar-refractivity contribution in [3.05, 3.63) is 44.8 Å². The second-order valence-electron chi connectivity index (χ2n) is 3.88. The Morgan fingerprint density at radius 3 is 2.25 bits per heavy atom. The van der Waals surface area contributed by atoms with Crippen LogP contribution in [-0.4, -0.2) is 0 Å². The summed E-state index contributed by atoms with van der Waals surface area (Å²) in [5.74, 6) is 0. The van der Waals surface area contributed by atoms with E-state index >= 15 is 0 Å². The van der Waals surface area contributed by atoms with Crippen LogP contribution in [0.4, 0.5) is 0 Å². The maximum atomic E-state index is 3.69. The van der Waals surface area contributed by atoms with Crippen molar-refractivity contribution in [1.29, 1.82) is 0 Å². The Bertz CT molecular complexity index is 392. The summed E-state index contributed by atoms with van der Waals surface area (Å²) in [7, 11) is 0. The van der Waals surface area contributed by atoms with E-state index in [1.165, 1.54) is 9.75 Å². The van der Waals surface area contributed by atoms with Crippen molar-refractivity contribution in [3.63, 3.8) is 0 Å². The molecule has 0 aliphatic carbocycles. The number of rotatable bonds is 5. The standard InChI is InChI=1S/C13H17NS2/c1-3-11(13-7-5-9-16-13)14-10(2)12-6-4-8-15-12/h4-11,14H,3H2,1-2H3/t10-,11?/m1/s1. The van der Waals surface area contributed by atoms with Crippen molar-refractivity contribution in [3.8, 4) is 0 Å². The maximum Gasteiger partial charge on any atom is 0.0417 e. The normalized spacial score (nSPS) is 14.9. The third-order valence-corrected chi connectivity index (χ3v) is 4.76. The number of thiophene rings is 2. The van der Waals surface area contributed by atoms with E-state index < -0.39 is 0 Å². The van der Waals surface area contributed by atoms with Crippen molar-refractivity contribution in [2.75, 3.05) is 0 Å². The lowest BCUT2D eigenvalue weighted by molar-refractivity contribution is 0.466. The van der Waals surface area contributed by atoms with Crippen molar-refractivity contribution in [1.82, 2.24) is 5.32 Å². The highest BCUT2D eigenvalue weighted by atomic mass is 32.1. The molecule has 0 aliphatic heterocycles. The highest BCUT2D eigenvalue weighted by molar-refractivity contribution is 7.10. The third-order valence-electron chi connectivity index (χ3n) is 2.72. The molecule has 2 atom stereocenters. The number of hydrogen-bond donors (Lipinski definition) is 1. The van der Waals surface area contributed by atoms with Gasteiger partial charge in [0.15, 0.2) is 0 Å². The Kier molecular flexibility index (Phi) is 4.16. The van der Waals surface area contributed by atoms with E-state index in [1.807, 2.05) is 22.7 Å². The van der Waals surface area contributed by atoms with Gasteiger partial charge in [0, 0.05) is 21.8 Å². The predicted octanol–water partition coefficient (Wildman–Crippen LogP) is 4.61. The van der Waals surface area contributed by atoms with Crippen molar-refractivity contribution in [2.24, 2.45) is 0 Å². The van der Waals surface area contributed by atoms with Crippen LogP contribution in [0.1, 0.15) is 42.1 Å². The highest BCUT2D eigenvalue weighted by Gasteiger charge is 2.14. The van der Waals surface area contributed by atoms with Gasteiger partial charge in [0.1, 0.15) is 0 Å². The minimum atomic E-state index is 0.437. The summed E-state index contributed by atoms with van der Waals surface area (Å²) in [6.07, 6.45) is 1.14. The Hall–Kier alpha value is -0.640. The van der Waals surface area contributed by atoms with E-state index in [-0.39, 0.29) is 0 Å². The van der Waals surface area contributed by atoms with Gasteiger partial charge in [-0.3, -0.25) is 0 Å². The lowest BCUT2D eigenvalue weighted by Crippen LogP contribution is -2.22. The largest absolute Gasteiger partial charge is 0.302 e. The first kappa shape index (κ1) is 11.8. The molecule has 2 aromatic rings. The van der Waals surface area contributed by atoms with Gasteiger partial charge >= 0.3 is 0 Å². The van der Waals surface area contributed by atoms with Gasteiger partial charge in [0.2, 0.25) is 0 Å². The van der Waals surface area contributed by atoms with E-state index in [1.54, 1.807) is 0 Å². The van der Waals surface area contributed by atoms with Gasteiger partial charge in [-0.25, -0.2) is 0 Å². The fraction of sp³-hybridized carbons (Fsp3) is 0.385. The van der Waals surface area contributed by atoms with Gasteiger partial charge in [0.25, 0.3) is 0 Å². The molecule has 2 heterocycles. The monoisotopic (exact) mass is 251 g/mol. The van der Waals surface area contributed by atoms with Crippen molar-refractivity contribution >= 4 is 22.7 Å². The van der Waals surface area contributed by atoms with Gasteiger partial charge in [-0.15, -0.1) is 22.7 Å². The zero-order valence-corrected chi connectivity index (χ0v) is 11.3. The van der Waals surface area contributed by atoms with Gasteiger partial charge < -0.3 is 5.32 Å². The molecule has 2 rings (SSSR count). The average molecular weight is 251 g/mol. The van der Waals surface area contributed by atoms with Crippen LogP contribution >= 0.6 is 22.7 Å². The van der Waals surface area contributed by atoms with E-state index in [0.29, 0.717) is 12.1 Å². The molecular weight excluding hydrogens is 234 g/mol. The second kappa shape index (κ2) is 5.62. The third kappa shape index (κ3) is 2.73. The molecule has 86 valence electrons. The van der Waals surface area contributed by atoms with Crippen LogP contribution in [0.2, 0.25) is 0 Å². The van der Waals surface area contributed by atoms with E-state index in [4.69, 9.17) is 0 Å². The highest BCUT2D eigenvalue weighted by Crippen LogP contribution is 2.26. The van der Waals surface area contributed by atoms with E-state index in [2.05, 4.69) is 54.2 Å². The molecule has 0 aliphatic rings. The van der Waals surface area contributed by atoms with E-state index in [0.717, 1.165) is 6.42 Å². The van der Waals surface area contributed by atoms with Crippen molar-refractivity contribution < 1.29 is 0 Å². The summed E-state index contributed by atoms with van der Waals surface area (Å²) in [4.78, 5) is 2.85. The first-order valence-electron chi connectivity index (χ1n) is 5.64. The molecule has 0 spiro atoms. The molecule has 0 amide bonds. The molecule has 0 radical (unpaired) electrons. The molecule has 3 heteroatoms. The molecule has 1 unspecified atom stereocenters. The van der Waals surface area contributed by atoms with Crippen LogP contribution in [0, 0.1) is 0 Å². The molecule has 0 saturated carbocycles. The molecule has 0 bridgehead atoms. The van der Waals surface area contributed by atoms with Gasteiger partial charge in [-0.1, -0.05) is 19.1 Å². The topological polar surface area (TPSA) is 12.0 Å². The second-order valence-corrected chi connectivity index (χ2v) is 5.84. The number of hydrogen-bond acceptors (Lipinski definition) is 3. The first-order chi connectivity index (χ1) is 7.81. The van der Waals surface area contributed by atoms with E-state index in [9.17, 15) is 0 Å². The molecule has 16 heavy (non-hydrogen) atoms. The Balaban J connectivity index is 2.02. The van der Waals surface area contributed by atoms with Crippen molar-refractivity contribution in [2.45, 2.75) is 32.4 Å². The summed E-state index contributed by atoms with van der Waals surface area (Å²) < 4.78 is 0. The summed E-state index contributed by atoms with van der Waals surface area (Å²) in [6.45, 7) is 4.47. The fourth-order valence-electron chi connectivity index (χ4n) is 1.81. The van der Waals surface area contributed by atoms with Crippen LogP contribution < -0.4 is 5.32 Å². The first-order valence-corrected chi connectivity index (χ1v) is 7.40. The molecule has 0 fully saturated rings. The minimum Gasteiger partial charge on any atom is -0.302 e. The van der Waals surface area contributed by atoms with Crippen LogP contribution in [0.25, 0.3) is 0 Å². The zero-order chi connectivity index (χ0) is 11.4. The zero-order valence-electron chi connectivity index (χ0n) is 9.64. The van der Waals surface area contributed by atoms with Crippen LogP contribution in [0.15, 0.2) is 35.0 Å². The molecule has 2 aromatic heterocycles.